The summed E-state index contributed by atoms with van der Waals surface area (Å²) in [6.07, 6.45) is 0. The fraction of sp³-hybridized carbons (Fsp3) is 0.300. The van der Waals surface area contributed by atoms with E-state index in [0.717, 1.165) is 0 Å². The zero-order valence-electron chi connectivity index (χ0n) is 7.51. The van der Waals surface area contributed by atoms with Crippen LogP contribution >= 0.6 is 0 Å². The van der Waals surface area contributed by atoms with Crippen LogP contribution in [0.25, 0.3) is 0 Å². The number of benzene rings is 1. The van der Waals surface area contributed by atoms with Gasteiger partial charge in [0, 0.05) is 5.56 Å². The van der Waals surface area contributed by atoms with Crippen molar-refractivity contribution < 1.29 is 9.18 Å². The number of nitrogens with one attached hydrogen (secondary N) is 1. The van der Waals surface area contributed by atoms with Crippen LogP contribution in [-0.2, 0) is 6.67 Å². The Balaban J connectivity index is 2.92. The minimum absolute atomic E-state index is 0.0734. The molecule has 1 aromatic rings. The second-order valence-electron chi connectivity index (χ2n) is 2.74. The lowest BCUT2D eigenvalue weighted by atomic mass is 10.0. The third-order valence-corrected chi connectivity index (χ3v) is 1.80. The molecule has 13 heavy (non-hydrogen) atoms. The number of halogens is 1. The highest BCUT2D eigenvalue weighted by atomic mass is 19.1. The molecule has 1 N–H and O–H groups in total. The lowest BCUT2D eigenvalue weighted by Gasteiger charge is -2.04. The maximum absolute atomic E-state index is 12.4. The van der Waals surface area contributed by atoms with Crippen LogP contribution in [0, 0.1) is 0 Å². The van der Waals surface area contributed by atoms with Crippen LogP contribution in [0.1, 0.15) is 15.9 Å². The number of carbonyl (C=O) groups is 1. The molecule has 0 radical (unpaired) electrons. The van der Waals surface area contributed by atoms with E-state index >= 15 is 0 Å². The molecule has 0 atom stereocenters. The van der Waals surface area contributed by atoms with Crippen molar-refractivity contribution in [3.63, 3.8) is 0 Å². The van der Waals surface area contributed by atoms with Gasteiger partial charge in [0.1, 0.15) is 6.67 Å². The number of Topliss-reactive ketones (excluding diaryl/α,β-unsaturated/α-hetero) is 1. The van der Waals surface area contributed by atoms with Crippen LogP contribution in [0.4, 0.5) is 4.39 Å². The van der Waals surface area contributed by atoms with Gasteiger partial charge in [-0.1, -0.05) is 24.3 Å². The zero-order valence-corrected chi connectivity index (χ0v) is 7.51. The quantitative estimate of drug-likeness (QED) is 0.714. The average molecular weight is 181 g/mol. The normalized spacial score (nSPS) is 10.0. The van der Waals surface area contributed by atoms with E-state index in [9.17, 15) is 9.18 Å². The molecular formula is C10H12FNO. The molecule has 0 amide bonds. The van der Waals surface area contributed by atoms with Crippen molar-refractivity contribution in [1.29, 1.82) is 0 Å². The molecule has 0 heterocycles. The van der Waals surface area contributed by atoms with Crippen LogP contribution in [0.3, 0.4) is 0 Å². The van der Waals surface area contributed by atoms with Gasteiger partial charge in [0.05, 0.1) is 6.54 Å². The molecule has 2 nitrogen and oxygen atoms in total. The molecule has 3 heteroatoms. The Morgan fingerprint density at radius 3 is 2.77 bits per heavy atom. The summed E-state index contributed by atoms with van der Waals surface area (Å²) in [6, 6.07) is 6.74. The molecule has 0 fully saturated rings. The Kier molecular flexibility index (Phi) is 3.58. The van der Waals surface area contributed by atoms with E-state index in [1.54, 1.807) is 31.3 Å². The van der Waals surface area contributed by atoms with Crippen molar-refractivity contribution in [2.24, 2.45) is 0 Å². The summed E-state index contributed by atoms with van der Waals surface area (Å²) >= 11 is 0. The fourth-order valence-corrected chi connectivity index (χ4v) is 1.16. The Labute approximate surface area is 76.8 Å². The molecular weight excluding hydrogens is 169 g/mol. The summed E-state index contributed by atoms with van der Waals surface area (Å²) < 4.78 is 12.4. The Hall–Kier alpha value is -1.22. The number of hydrogen-bond acceptors (Lipinski definition) is 2. The molecule has 0 saturated carbocycles. The molecule has 0 bridgehead atoms. The number of hydrogen-bond donors (Lipinski definition) is 1. The standard InChI is InChI=1S/C10H12FNO/c1-12-7-10(13)9-5-3-2-4-8(9)6-11/h2-5,12H,6-7H2,1H3. The maximum Gasteiger partial charge on any atom is 0.176 e. The molecule has 0 aromatic heterocycles. The molecule has 1 aromatic carbocycles. The van der Waals surface area contributed by atoms with E-state index < -0.39 is 6.67 Å². The van der Waals surface area contributed by atoms with Gasteiger partial charge in [0.15, 0.2) is 5.78 Å². The van der Waals surface area contributed by atoms with E-state index in [-0.39, 0.29) is 12.3 Å². The average Bonchev–Trinajstić information content (AvgIpc) is 2.18. The third kappa shape index (κ3) is 2.36. The van der Waals surface area contributed by atoms with Gasteiger partial charge in [-0.15, -0.1) is 0 Å². The van der Waals surface area contributed by atoms with E-state index in [2.05, 4.69) is 5.32 Å². The number of likely N-dealkylation sites (N-methyl/N-ethyl adjacent to an activating group) is 1. The first-order chi connectivity index (χ1) is 6.29. The van der Waals surface area contributed by atoms with Crippen LogP contribution in [0.5, 0.6) is 0 Å². The monoisotopic (exact) mass is 181 g/mol. The lowest BCUT2D eigenvalue weighted by Crippen LogP contribution is -2.19. The van der Waals surface area contributed by atoms with Crippen molar-refractivity contribution in [2.45, 2.75) is 6.67 Å². The molecule has 0 aliphatic rings. The van der Waals surface area contributed by atoms with Gasteiger partial charge < -0.3 is 5.32 Å². The van der Waals surface area contributed by atoms with Gasteiger partial charge in [-0.3, -0.25) is 4.79 Å². The first kappa shape index (κ1) is 9.86. The SMILES string of the molecule is CNCC(=O)c1ccccc1CF. The highest BCUT2D eigenvalue weighted by Gasteiger charge is 2.08. The minimum Gasteiger partial charge on any atom is -0.313 e. The molecule has 0 aliphatic heterocycles. The van der Waals surface area contributed by atoms with Crippen molar-refractivity contribution in [3.8, 4) is 0 Å². The second kappa shape index (κ2) is 4.72. The second-order valence-corrected chi connectivity index (χ2v) is 2.74. The predicted molar refractivity (Wildman–Crippen MR) is 49.5 cm³/mol. The van der Waals surface area contributed by atoms with E-state index in [1.165, 1.54) is 0 Å². The van der Waals surface area contributed by atoms with Gasteiger partial charge in [-0.25, -0.2) is 4.39 Å². The lowest BCUT2D eigenvalue weighted by molar-refractivity contribution is 0.0992. The van der Waals surface area contributed by atoms with Crippen molar-refractivity contribution in [2.75, 3.05) is 13.6 Å². The van der Waals surface area contributed by atoms with E-state index in [4.69, 9.17) is 0 Å². The first-order valence-corrected chi connectivity index (χ1v) is 4.11. The molecule has 1 rings (SSSR count). The Morgan fingerprint density at radius 1 is 1.46 bits per heavy atom. The van der Waals surface area contributed by atoms with Crippen LogP contribution in [-0.4, -0.2) is 19.4 Å². The van der Waals surface area contributed by atoms with Crippen molar-refractivity contribution in [3.05, 3.63) is 35.4 Å². The molecule has 0 aliphatic carbocycles. The molecule has 0 spiro atoms. The smallest absolute Gasteiger partial charge is 0.176 e. The Bertz CT molecular complexity index is 299. The molecule has 0 saturated heterocycles. The van der Waals surface area contributed by atoms with E-state index in [0.29, 0.717) is 11.1 Å². The zero-order chi connectivity index (χ0) is 9.68. The molecule has 0 unspecified atom stereocenters. The third-order valence-electron chi connectivity index (χ3n) is 1.80. The highest BCUT2D eigenvalue weighted by molar-refractivity contribution is 5.98. The Morgan fingerprint density at radius 2 is 2.15 bits per heavy atom. The van der Waals surface area contributed by atoms with Crippen LogP contribution in [0.15, 0.2) is 24.3 Å². The van der Waals surface area contributed by atoms with Gasteiger partial charge in [0.25, 0.3) is 0 Å². The summed E-state index contributed by atoms with van der Waals surface area (Å²) in [7, 11) is 1.69. The highest BCUT2D eigenvalue weighted by Crippen LogP contribution is 2.10. The first-order valence-electron chi connectivity index (χ1n) is 4.11. The fourth-order valence-electron chi connectivity index (χ4n) is 1.16. The number of ketones is 1. The molecule has 70 valence electrons. The van der Waals surface area contributed by atoms with Crippen LogP contribution in [0.2, 0.25) is 0 Å². The summed E-state index contributed by atoms with van der Waals surface area (Å²) in [5.74, 6) is -0.0734. The van der Waals surface area contributed by atoms with E-state index in [1.807, 2.05) is 0 Å². The minimum atomic E-state index is -0.592. The summed E-state index contributed by atoms with van der Waals surface area (Å²) in [6.45, 7) is -0.345. The van der Waals surface area contributed by atoms with Gasteiger partial charge in [-0.05, 0) is 12.6 Å². The summed E-state index contributed by atoms with van der Waals surface area (Å²) in [5.41, 5.74) is 0.933. The van der Waals surface area contributed by atoms with Crippen molar-refractivity contribution >= 4 is 5.78 Å². The van der Waals surface area contributed by atoms with Crippen LogP contribution < -0.4 is 5.32 Å². The van der Waals surface area contributed by atoms with Gasteiger partial charge >= 0.3 is 0 Å². The largest absolute Gasteiger partial charge is 0.313 e. The predicted octanol–water partition coefficient (Wildman–Crippen LogP) is 1.56. The number of carbonyl (C=O) groups excluding carboxylic acids is 1. The topological polar surface area (TPSA) is 29.1 Å². The summed E-state index contributed by atoms with van der Waals surface area (Å²) in [5, 5.41) is 2.75. The summed E-state index contributed by atoms with van der Waals surface area (Å²) in [4.78, 5) is 11.4. The van der Waals surface area contributed by atoms with Crippen molar-refractivity contribution in [1.82, 2.24) is 5.32 Å². The maximum atomic E-state index is 12.4. The number of alkyl halides is 1. The van der Waals surface area contributed by atoms with Gasteiger partial charge in [0.2, 0.25) is 0 Å². The van der Waals surface area contributed by atoms with Gasteiger partial charge in [-0.2, -0.15) is 0 Å². The number of rotatable bonds is 4.